The largest absolute Gasteiger partial charge is 0.329 e. The fourth-order valence-corrected chi connectivity index (χ4v) is 2.69. The lowest BCUT2D eigenvalue weighted by atomic mass is 9.80. The second kappa shape index (κ2) is 5.13. The van der Waals surface area contributed by atoms with Crippen LogP contribution in [0.4, 0.5) is 0 Å². The molecular formula is C12H26N2. The predicted molar refractivity (Wildman–Crippen MR) is 62.3 cm³/mol. The molecule has 0 spiro atoms. The van der Waals surface area contributed by atoms with Gasteiger partial charge in [0.15, 0.2) is 0 Å². The Morgan fingerprint density at radius 3 is 2.21 bits per heavy atom. The molecule has 0 radical (unpaired) electrons. The highest BCUT2D eigenvalue weighted by Crippen LogP contribution is 2.32. The maximum atomic E-state index is 5.97. The maximum absolute atomic E-state index is 5.97. The van der Waals surface area contributed by atoms with Gasteiger partial charge in [-0.2, -0.15) is 0 Å². The summed E-state index contributed by atoms with van der Waals surface area (Å²) in [7, 11) is 2.25. The van der Waals surface area contributed by atoms with Crippen LogP contribution in [0.15, 0.2) is 0 Å². The molecule has 0 bridgehead atoms. The SMILES string of the molecule is CC(C)CN(C)C1(CN)CCCCC1. The van der Waals surface area contributed by atoms with Crippen molar-refractivity contribution in [2.24, 2.45) is 11.7 Å². The van der Waals surface area contributed by atoms with Crippen LogP contribution in [0, 0.1) is 5.92 Å². The van der Waals surface area contributed by atoms with E-state index < -0.39 is 0 Å². The normalized spacial score (nSPS) is 21.9. The van der Waals surface area contributed by atoms with Crippen LogP contribution in [0.5, 0.6) is 0 Å². The van der Waals surface area contributed by atoms with Crippen LogP contribution < -0.4 is 5.73 Å². The topological polar surface area (TPSA) is 29.3 Å². The monoisotopic (exact) mass is 198 g/mol. The smallest absolute Gasteiger partial charge is 0.0328 e. The summed E-state index contributed by atoms with van der Waals surface area (Å²) in [6.45, 7) is 6.57. The standard InChI is InChI=1S/C12H26N2/c1-11(2)9-14(3)12(10-13)7-5-4-6-8-12/h11H,4-10,13H2,1-3H3. The predicted octanol–water partition coefficient (Wildman–Crippen LogP) is 2.24. The van der Waals surface area contributed by atoms with Gasteiger partial charge in [0, 0.05) is 18.6 Å². The number of rotatable bonds is 4. The van der Waals surface area contributed by atoms with Crippen molar-refractivity contribution in [1.82, 2.24) is 4.90 Å². The van der Waals surface area contributed by atoms with E-state index in [0.29, 0.717) is 5.54 Å². The van der Waals surface area contributed by atoms with Gasteiger partial charge in [0.25, 0.3) is 0 Å². The summed E-state index contributed by atoms with van der Waals surface area (Å²) in [6, 6.07) is 0. The number of nitrogens with two attached hydrogens (primary N) is 1. The average molecular weight is 198 g/mol. The van der Waals surface area contributed by atoms with Crippen molar-refractivity contribution in [3.05, 3.63) is 0 Å². The van der Waals surface area contributed by atoms with E-state index in [1.54, 1.807) is 0 Å². The van der Waals surface area contributed by atoms with E-state index >= 15 is 0 Å². The molecule has 0 atom stereocenters. The Bertz CT molecular complexity index is 160. The fourth-order valence-electron chi connectivity index (χ4n) is 2.69. The van der Waals surface area contributed by atoms with Crippen molar-refractivity contribution in [3.63, 3.8) is 0 Å². The first kappa shape index (κ1) is 12.0. The lowest BCUT2D eigenvalue weighted by Crippen LogP contribution is -2.54. The van der Waals surface area contributed by atoms with Crippen LogP contribution in [0.2, 0.25) is 0 Å². The van der Waals surface area contributed by atoms with E-state index in [1.165, 1.54) is 38.6 Å². The number of hydrogen-bond donors (Lipinski definition) is 1. The molecule has 0 aliphatic heterocycles. The third kappa shape index (κ3) is 2.71. The molecule has 1 rings (SSSR count). The number of likely N-dealkylation sites (N-methyl/N-ethyl adjacent to an activating group) is 1. The quantitative estimate of drug-likeness (QED) is 0.750. The minimum atomic E-state index is 0.322. The van der Waals surface area contributed by atoms with Gasteiger partial charge in [0.1, 0.15) is 0 Å². The second-order valence-electron chi connectivity index (χ2n) is 5.26. The summed E-state index contributed by atoms with van der Waals surface area (Å²) in [5, 5.41) is 0. The zero-order valence-electron chi connectivity index (χ0n) is 10.1. The molecule has 0 aromatic carbocycles. The third-order valence-corrected chi connectivity index (χ3v) is 3.61. The van der Waals surface area contributed by atoms with Crippen molar-refractivity contribution < 1.29 is 0 Å². The van der Waals surface area contributed by atoms with E-state index in [-0.39, 0.29) is 0 Å². The summed E-state index contributed by atoms with van der Waals surface area (Å²) >= 11 is 0. The van der Waals surface area contributed by atoms with E-state index in [4.69, 9.17) is 5.73 Å². The first-order valence-electron chi connectivity index (χ1n) is 6.02. The van der Waals surface area contributed by atoms with Crippen LogP contribution in [0.1, 0.15) is 46.0 Å². The highest BCUT2D eigenvalue weighted by molar-refractivity contribution is 4.92. The van der Waals surface area contributed by atoms with Crippen LogP contribution in [0.3, 0.4) is 0 Å². The zero-order chi connectivity index (χ0) is 10.6. The molecular weight excluding hydrogens is 172 g/mol. The van der Waals surface area contributed by atoms with E-state index in [1.807, 2.05) is 0 Å². The van der Waals surface area contributed by atoms with Crippen LogP contribution in [-0.2, 0) is 0 Å². The summed E-state index contributed by atoms with van der Waals surface area (Å²) in [5.74, 6) is 0.741. The molecule has 0 amide bonds. The third-order valence-electron chi connectivity index (χ3n) is 3.61. The minimum absolute atomic E-state index is 0.322. The molecule has 0 unspecified atom stereocenters. The molecule has 2 N–H and O–H groups in total. The van der Waals surface area contributed by atoms with Gasteiger partial charge in [-0.1, -0.05) is 33.1 Å². The lowest BCUT2D eigenvalue weighted by molar-refractivity contribution is 0.0721. The Labute approximate surface area is 88.8 Å². The van der Waals surface area contributed by atoms with Gasteiger partial charge >= 0.3 is 0 Å². The Morgan fingerprint density at radius 2 is 1.79 bits per heavy atom. The first-order chi connectivity index (χ1) is 6.60. The average Bonchev–Trinajstić information content (AvgIpc) is 2.18. The van der Waals surface area contributed by atoms with Crippen molar-refractivity contribution in [3.8, 4) is 0 Å². The first-order valence-corrected chi connectivity index (χ1v) is 6.02. The van der Waals surface area contributed by atoms with Crippen LogP contribution >= 0.6 is 0 Å². The molecule has 84 valence electrons. The van der Waals surface area contributed by atoms with E-state index in [9.17, 15) is 0 Å². The van der Waals surface area contributed by atoms with Crippen LogP contribution in [0.25, 0.3) is 0 Å². The number of hydrogen-bond acceptors (Lipinski definition) is 2. The van der Waals surface area contributed by atoms with Gasteiger partial charge < -0.3 is 5.73 Å². The molecule has 2 heteroatoms. The Kier molecular flexibility index (Phi) is 4.39. The van der Waals surface area contributed by atoms with Crippen molar-refractivity contribution in [2.45, 2.75) is 51.5 Å². The molecule has 0 heterocycles. The van der Waals surface area contributed by atoms with E-state index in [2.05, 4.69) is 25.8 Å². The van der Waals surface area contributed by atoms with Gasteiger partial charge in [-0.25, -0.2) is 0 Å². The highest BCUT2D eigenvalue weighted by Gasteiger charge is 2.34. The summed E-state index contributed by atoms with van der Waals surface area (Å²) in [5.41, 5.74) is 6.30. The van der Waals surface area contributed by atoms with Gasteiger partial charge in [-0.15, -0.1) is 0 Å². The zero-order valence-corrected chi connectivity index (χ0v) is 10.1. The van der Waals surface area contributed by atoms with Crippen molar-refractivity contribution in [2.75, 3.05) is 20.1 Å². The molecule has 2 nitrogen and oxygen atoms in total. The summed E-state index contributed by atoms with van der Waals surface area (Å²) < 4.78 is 0. The van der Waals surface area contributed by atoms with Crippen molar-refractivity contribution in [1.29, 1.82) is 0 Å². The number of nitrogens with zero attached hydrogens (tertiary/aromatic N) is 1. The molecule has 1 saturated carbocycles. The Hall–Kier alpha value is -0.0800. The Balaban J connectivity index is 2.57. The molecule has 1 aliphatic carbocycles. The van der Waals surface area contributed by atoms with Gasteiger partial charge in [-0.3, -0.25) is 4.90 Å². The van der Waals surface area contributed by atoms with Crippen LogP contribution in [-0.4, -0.2) is 30.6 Å². The minimum Gasteiger partial charge on any atom is -0.329 e. The van der Waals surface area contributed by atoms with Crippen molar-refractivity contribution >= 4 is 0 Å². The second-order valence-corrected chi connectivity index (χ2v) is 5.26. The van der Waals surface area contributed by atoms with Gasteiger partial charge in [-0.05, 0) is 25.8 Å². The van der Waals surface area contributed by atoms with E-state index in [0.717, 1.165) is 12.5 Å². The van der Waals surface area contributed by atoms with Gasteiger partial charge in [0.2, 0.25) is 0 Å². The Morgan fingerprint density at radius 1 is 1.21 bits per heavy atom. The molecule has 1 fully saturated rings. The summed E-state index contributed by atoms with van der Waals surface area (Å²) in [6.07, 6.45) is 6.72. The highest BCUT2D eigenvalue weighted by atomic mass is 15.2. The molecule has 14 heavy (non-hydrogen) atoms. The molecule has 0 aromatic heterocycles. The molecule has 1 aliphatic rings. The fraction of sp³-hybridized carbons (Fsp3) is 1.00. The summed E-state index contributed by atoms with van der Waals surface area (Å²) in [4.78, 5) is 2.51. The molecule has 0 saturated heterocycles. The van der Waals surface area contributed by atoms with Gasteiger partial charge in [0.05, 0.1) is 0 Å². The lowest BCUT2D eigenvalue weighted by Gasteiger charge is -2.44. The maximum Gasteiger partial charge on any atom is 0.0328 e. The molecule has 0 aromatic rings.